The van der Waals surface area contributed by atoms with Crippen LogP contribution in [-0.2, 0) is 0 Å². The lowest BCUT2D eigenvalue weighted by Gasteiger charge is -2.04. The number of carbonyl (C=O) groups is 1. The number of rotatable bonds is 2. The van der Waals surface area contributed by atoms with E-state index in [0.29, 0.717) is 5.56 Å². The molecule has 0 bridgehead atoms. The van der Waals surface area contributed by atoms with Gasteiger partial charge in [0, 0.05) is 11.8 Å². The van der Waals surface area contributed by atoms with Crippen LogP contribution in [0.15, 0.2) is 24.4 Å². The van der Waals surface area contributed by atoms with Crippen LogP contribution in [0.5, 0.6) is 0 Å². The molecule has 0 fully saturated rings. The van der Waals surface area contributed by atoms with Crippen molar-refractivity contribution in [3.63, 3.8) is 0 Å². The molecule has 7 heteroatoms. The normalized spacial score (nSPS) is 10.3. The number of hydrogen-bond donors (Lipinski definition) is 2. The van der Waals surface area contributed by atoms with E-state index in [1.807, 2.05) is 0 Å². The Hall–Kier alpha value is -2.21. The van der Waals surface area contributed by atoms with Crippen molar-refractivity contribution in [3.8, 4) is 11.4 Å². The summed E-state index contributed by atoms with van der Waals surface area (Å²) in [7, 11) is 0. The van der Waals surface area contributed by atoms with Crippen molar-refractivity contribution in [2.75, 3.05) is 5.73 Å². The molecule has 5 nitrogen and oxygen atoms in total. The third kappa shape index (κ3) is 2.23. The Morgan fingerprint density at radius 3 is 2.72 bits per heavy atom. The average molecular weight is 268 g/mol. The van der Waals surface area contributed by atoms with Gasteiger partial charge in [0.15, 0.2) is 5.82 Å². The van der Waals surface area contributed by atoms with E-state index in [1.54, 1.807) is 0 Å². The maximum absolute atomic E-state index is 13.0. The molecule has 0 aliphatic carbocycles. The standard InChI is InChI=1S/C11H7ClFN3O2/c12-7-3-5(1-2-8(7)13)10-15-4-6(11(17)18)9(14)16-10/h1-4H,(H,17,18)(H2,14,15,16). The van der Waals surface area contributed by atoms with E-state index in [1.165, 1.54) is 18.2 Å². The molecule has 0 saturated heterocycles. The number of carboxylic acids is 1. The monoisotopic (exact) mass is 267 g/mol. The van der Waals surface area contributed by atoms with E-state index in [0.717, 1.165) is 6.20 Å². The molecule has 1 aromatic carbocycles. The van der Waals surface area contributed by atoms with Crippen molar-refractivity contribution in [1.82, 2.24) is 9.97 Å². The number of anilines is 1. The van der Waals surface area contributed by atoms with Crippen LogP contribution >= 0.6 is 11.6 Å². The molecular formula is C11H7ClFN3O2. The van der Waals surface area contributed by atoms with Gasteiger partial charge >= 0.3 is 5.97 Å². The maximum atomic E-state index is 13.0. The molecule has 0 aliphatic heterocycles. The molecular weight excluding hydrogens is 261 g/mol. The summed E-state index contributed by atoms with van der Waals surface area (Å²) in [5.41, 5.74) is 5.75. The number of hydrogen-bond acceptors (Lipinski definition) is 4. The highest BCUT2D eigenvalue weighted by molar-refractivity contribution is 6.31. The molecule has 0 spiro atoms. The fourth-order valence-electron chi connectivity index (χ4n) is 1.33. The summed E-state index contributed by atoms with van der Waals surface area (Å²) in [6.45, 7) is 0. The molecule has 0 unspecified atom stereocenters. The topological polar surface area (TPSA) is 89.1 Å². The van der Waals surface area contributed by atoms with Gasteiger partial charge in [-0.25, -0.2) is 19.2 Å². The first-order valence-electron chi connectivity index (χ1n) is 4.80. The summed E-state index contributed by atoms with van der Waals surface area (Å²) >= 11 is 5.63. The highest BCUT2D eigenvalue weighted by Crippen LogP contribution is 2.23. The molecule has 92 valence electrons. The lowest BCUT2D eigenvalue weighted by atomic mass is 10.2. The second-order valence-electron chi connectivity index (χ2n) is 3.43. The number of benzene rings is 1. The number of nitrogens with two attached hydrogens (primary N) is 1. The Kier molecular flexibility index (Phi) is 3.12. The van der Waals surface area contributed by atoms with E-state index in [9.17, 15) is 9.18 Å². The fraction of sp³-hybridized carbons (Fsp3) is 0. The van der Waals surface area contributed by atoms with Crippen LogP contribution in [0.1, 0.15) is 10.4 Å². The summed E-state index contributed by atoms with van der Waals surface area (Å²) < 4.78 is 13.0. The van der Waals surface area contributed by atoms with Crippen LogP contribution in [0.25, 0.3) is 11.4 Å². The minimum atomic E-state index is -1.21. The van der Waals surface area contributed by atoms with Crippen molar-refractivity contribution in [2.45, 2.75) is 0 Å². The van der Waals surface area contributed by atoms with Crippen LogP contribution in [0.4, 0.5) is 10.2 Å². The number of nitrogen functional groups attached to an aromatic ring is 1. The van der Waals surface area contributed by atoms with Crippen LogP contribution in [0.2, 0.25) is 5.02 Å². The molecule has 0 aliphatic rings. The average Bonchev–Trinajstić information content (AvgIpc) is 2.32. The molecule has 0 saturated carbocycles. The Balaban J connectivity index is 2.48. The summed E-state index contributed by atoms with van der Waals surface area (Å²) in [6.07, 6.45) is 1.09. The van der Waals surface area contributed by atoms with Gasteiger partial charge in [0.1, 0.15) is 17.2 Å². The largest absolute Gasteiger partial charge is 0.477 e. The van der Waals surface area contributed by atoms with Gasteiger partial charge in [-0.3, -0.25) is 0 Å². The maximum Gasteiger partial charge on any atom is 0.341 e. The van der Waals surface area contributed by atoms with Crippen LogP contribution in [-0.4, -0.2) is 21.0 Å². The van der Waals surface area contributed by atoms with Crippen molar-refractivity contribution in [1.29, 1.82) is 0 Å². The Morgan fingerprint density at radius 1 is 1.44 bits per heavy atom. The summed E-state index contributed by atoms with van der Waals surface area (Å²) in [5, 5.41) is 8.70. The second-order valence-corrected chi connectivity index (χ2v) is 3.83. The molecule has 0 atom stereocenters. The van der Waals surface area contributed by atoms with Crippen LogP contribution < -0.4 is 5.73 Å². The van der Waals surface area contributed by atoms with Gasteiger partial charge in [-0.1, -0.05) is 11.6 Å². The molecule has 2 rings (SSSR count). The van der Waals surface area contributed by atoms with Gasteiger partial charge in [-0.15, -0.1) is 0 Å². The van der Waals surface area contributed by atoms with Gasteiger partial charge in [0.25, 0.3) is 0 Å². The number of halogens is 2. The first kappa shape index (κ1) is 12.3. The van der Waals surface area contributed by atoms with Crippen LogP contribution in [0, 0.1) is 5.82 Å². The molecule has 18 heavy (non-hydrogen) atoms. The van der Waals surface area contributed by atoms with Gasteiger partial charge in [-0.05, 0) is 18.2 Å². The zero-order valence-electron chi connectivity index (χ0n) is 8.89. The first-order valence-corrected chi connectivity index (χ1v) is 5.18. The lowest BCUT2D eigenvalue weighted by Crippen LogP contribution is -2.06. The summed E-state index contributed by atoms with van der Waals surface area (Å²) in [6, 6.07) is 3.94. The molecule has 0 radical (unpaired) electrons. The number of aromatic carboxylic acids is 1. The molecule has 3 N–H and O–H groups in total. The quantitative estimate of drug-likeness (QED) is 0.871. The van der Waals surface area contributed by atoms with E-state index >= 15 is 0 Å². The Morgan fingerprint density at radius 2 is 2.17 bits per heavy atom. The van der Waals surface area contributed by atoms with Gasteiger partial charge in [0.05, 0.1) is 5.02 Å². The minimum absolute atomic E-state index is 0.0722. The minimum Gasteiger partial charge on any atom is -0.477 e. The Bertz CT molecular complexity index is 634. The van der Waals surface area contributed by atoms with Crippen molar-refractivity contribution < 1.29 is 14.3 Å². The van der Waals surface area contributed by atoms with Gasteiger partial charge in [-0.2, -0.15) is 0 Å². The summed E-state index contributed by atoms with van der Waals surface area (Å²) in [4.78, 5) is 18.4. The van der Waals surface area contributed by atoms with Gasteiger partial charge in [0.2, 0.25) is 0 Å². The van der Waals surface area contributed by atoms with Crippen molar-refractivity contribution >= 4 is 23.4 Å². The number of carboxylic acid groups (broad SMARTS) is 1. The summed E-state index contributed by atoms with van der Waals surface area (Å²) in [5.74, 6) is -1.75. The highest BCUT2D eigenvalue weighted by Gasteiger charge is 2.12. The first-order chi connectivity index (χ1) is 8.49. The zero-order valence-corrected chi connectivity index (χ0v) is 9.65. The van der Waals surface area contributed by atoms with Crippen molar-refractivity contribution in [3.05, 3.63) is 40.8 Å². The molecule has 1 aromatic heterocycles. The van der Waals surface area contributed by atoms with E-state index in [2.05, 4.69) is 9.97 Å². The molecule has 2 aromatic rings. The third-order valence-electron chi connectivity index (χ3n) is 2.23. The lowest BCUT2D eigenvalue weighted by molar-refractivity contribution is 0.0697. The SMILES string of the molecule is Nc1nc(-c2ccc(F)c(Cl)c2)ncc1C(=O)O. The highest BCUT2D eigenvalue weighted by atomic mass is 35.5. The predicted octanol–water partition coefficient (Wildman–Crippen LogP) is 2.22. The molecule has 1 heterocycles. The number of aromatic nitrogens is 2. The predicted molar refractivity (Wildman–Crippen MR) is 63.8 cm³/mol. The third-order valence-corrected chi connectivity index (χ3v) is 2.52. The van der Waals surface area contributed by atoms with E-state index in [-0.39, 0.29) is 22.2 Å². The second kappa shape index (κ2) is 4.58. The van der Waals surface area contributed by atoms with E-state index < -0.39 is 11.8 Å². The fourth-order valence-corrected chi connectivity index (χ4v) is 1.51. The molecule has 0 amide bonds. The smallest absolute Gasteiger partial charge is 0.341 e. The van der Waals surface area contributed by atoms with Crippen LogP contribution in [0.3, 0.4) is 0 Å². The van der Waals surface area contributed by atoms with Gasteiger partial charge < -0.3 is 10.8 Å². The zero-order chi connectivity index (χ0) is 13.3. The van der Waals surface area contributed by atoms with Crippen molar-refractivity contribution in [2.24, 2.45) is 0 Å². The Labute approximate surface area is 106 Å². The number of nitrogens with zero attached hydrogens (tertiary/aromatic N) is 2. The van der Waals surface area contributed by atoms with E-state index in [4.69, 9.17) is 22.4 Å².